The molecular weight excluding hydrogens is 348 g/mol. The maximum Gasteiger partial charge on any atom is 0.254 e. The molecule has 6 heteroatoms. The van der Waals surface area contributed by atoms with Crippen LogP contribution in [0.1, 0.15) is 41.0 Å². The van der Waals surface area contributed by atoms with Gasteiger partial charge in [-0.1, -0.05) is 23.7 Å². The summed E-state index contributed by atoms with van der Waals surface area (Å²) in [6.07, 6.45) is 3.33. The molecule has 2 aromatic heterocycles. The molecule has 0 N–H and O–H groups in total. The first-order chi connectivity index (χ1) is 12.6. The first-order valence-electron chi connectivity index (χ1n) is 8.97. The second kappa shape index (κ2) is 6.72. The van der Waals surface area contributed by atoms with Crippen molar-refractivity contribution in [2.75, 3.05) is 13.1 Å². The lowest BCUT2D eigenvalue weighted by molar-refractivity contribution is 0.0726. The van der Waals surface area contributed by atoms with Crippen molar-refractivity contribution in [2.24, 2.45) is 0 Å². The molecule has 134 valence electrons. The highest BCUT2D eigenvalue weighted by atomic mass is 35.5. The Morgan fingerprint density at radius 2 is 1.85 bits per heavy atom. The van der Waals surface area contributed by atoms with Gasteiger partial charge in [-0.05, 0) is 51.3 Å². The molecule has 0 spiro atoms. The van der Waals surface area contributed by atoms with E-state index in [2.05, 4.69) is 10.1 Å². The minimum atomic E-state index is 0.0713. The van der Waals surface area contributed by atoms with E-state index in [1.807, 2.05) is 49.1 Å². The van der Waals surface area contributed by atoms with Crippen molar-refractivity contribution >= 4 is 28.5 Å². The highest BCUT2D eigenvalue weighted by molar-refractivity contribution is 6.32. The zero-order valence-corrected chi connectivity index (χ0v) is 15.8. The summed E-state index contributed by atoms with van der Waals surface area (Å²) in [4.78, 5) is 19.8. The fourth-order valence-electron chi connectivity index (χ4n) is 3.64. The number of aryl methyl sites for hydroxylation is 2. The lowest BCUT2D eigenvalue weighted by Gasteiger charge is -2.27. The molecule has 0 aliphatic carbocycles. The normalized spacial score (nSPS) is 14.8. The van der Waals surface area contributed by atoms with E-state index in [-0.39, 0.29) is 5.91 Å². The summed E-state index contributed by atoms with van der Waals surface area (Å²) >= 11 is 6.37. The van der Waals surface area contributed by atoms with Crippen LogP contribution in [-0.4, -0.2) is 38.7 Å². The molecule has 5 nitrogen and oxygen atoms in total. The standard InChI is InChI=1S/C20H21ClN4O/c1-13-12-15(20(26)24-10-6-3-7-11-24)18-14(2)23-25(19(18)22-13)17-9-5-4-8-16(17)21/h4-5,8-9,12H,3,6-7,10-11H2,1-2H3. The zero-order valence-electron chi connectivity index (χ0n) is 15.0. The van der Waals surface area contributed by atoms with Crippen molar-refractivity contribution in [1.29, 1.82) is 0 Å². The van der Waals surface area contributed by atoms with Gasteiger partial charge in [-0.25, -0.2) is 9.67 Å². The number of carbonyl (C=O) groups is 1. The van der Waals surface area contributed by atoms with Gasteiger partial charge < -0.3 is 4.90 Å². The van der Waals surface area contributed by atoms with Crippen molar-refractivity contribution in [3.05, 3.63) is 52.3 Å². The summed E-state index contributed by atoms with van der Waals surface area (Å²) in [6.45, 7) is 5.46. The van der Waals surface area contributed by atoms with Crippen molar-refractivity contribution in [3.63, 3.8) is 0 Å². The molecule has 1 aromatic carbocycles. The highest BCUT2D eigenvalue weighted by Crippen LogP contribution is 2.29. The van der Waals surface area contributed by atoms with Gasteiger partial charge in [0.1, 0.15) is 0 Å². The molecule has 1 fully saturated rings. The Bertz CT molecular complexity index is 989. The second-order valence-corrected chi connectivity index (χ2v) is 7.22. The molecule has 1 aliphatic heterocycles. The molecule has 1 saturated heterocycles. The van der Waals surface area contributed by atoms with Gasteiger partial charge in [0.25, 0.3) is 5.91 Å². The van der Waals surface area contributed by atoms with Crippen molar-refractivity contribution in [2.45, 2.75) is 33.1 Å². The zero-order chi connectivity index (χ0) is 18.3. The first kappa shape index (κ1) is 17.0. The summed E-state index contributed by atoms with van der Waals surface area (Å²) in [5, 5.41) is 6.06. The van der Waals surface area contributed by atoms with Crippen LogP contribution >= 0.6 is 11.6 Å². The van der Waals surface area contributed by atoms with Gasteiger partial charge in [-0.15, -0.1) is 0 Å². The maximum atomic E-state index is 13.2. The number of amides is 1. The van der Waals surface area contributed by atoms with E-state index in [1.165, 1.54) is 6.42 Å². The van der Waals surface area contributed by atoms with Gasteiger partial charge in [0.05, 0.1) is 27.4 Å². The number of fused-ring (bicyclic) bond motifs is 1. The lowest BCUT2D eigenvalue weighted by Crippen LogP contribution is -2.35. The largest absolute Gasteiger partial charge is 0.339 e. The Labute approximate surface area is 157 Å². The highest BCUT2D eigenvalue weighted by Gasteiger charge is 2.24. The number of halogens is 1. The van der Waals surface area contributed by atoms with E-state index in [0.29, 0.717) is 16.2 Å². The van der Waals surface area contributed by atoms with Crippen molar-refractivity contribution < 1.29 is 4.79 Å². The fraction of sp³-hybridized carbons (Fsp3) is 0.350. The average Bonchev–Trinajstić information content (AvgIpc) is 2.98. The van der Waals surface area contributed by atoms with Crippen LogP contribution < -0.4 is 0 Å². The Balaban J connectivity index is 1.90. The van der Waals surface area contributed by atoms with Crippen LogP contribution in [0.25, 0.3) is 16.7 Å². The number of carbonyl (C=O) groups excluding carboxylic acids is 1. The molecule has 0 atom stereocenters. The van der Waals surface area contributed by atoms with Crippen LogP contribution in [0.15, 0.2) is 30.3 Å². The summed E-state index contributed by atoms with van der Waals surface area (Å²) in [5.74, 6) is 0.0713. The number of benzene rings is 1. The molecule has 4 rings (SSSR count). The molecule has 0 saturated carbocycles. The molecule has 0 radical (unpaired) electrons. The molecular formula is C20H21ClN4O. The van der Waals surface area contributed by atoms with Gasteiger partial charge in [0.2, 0.25) is 0 Å². The second-order valence-electron chi connectivity index (χ2n) is 6.81. The quantitative estimate of drug-likeness (QED) is 0.677. The van der Waals surface area contributed by atoms with Gasteiger partial charge in [-0.2, -0.15) is 5.10 Å². The topological polar surface area (TPSA) is 51.0 Å². The van der Waals surface area contributed by atoms with Crippen LogP contribution in [0.5, 0.6) is 0 Å². The number of likely N-dealkylation sites (tertiary alicyclic amines) is 1. The lowest BCUT2D eigenvalue weighted by atomic mass is 10.1. The third-order valence-electron chi connectivity index (χ3n) is 4.90. The number of aromatic nitrogens is 3. The number of hydrogen-bond acceptors (Lipinski definition) is 3. The third kappa shape index (κ3) is 2.86. The van der Waals surface area contributed by atoms with Crippen LogP contribution in [0, 0.1) is 13.8 Å². The number of rotatable bonds is 2. The van der Waals surface area contributed by atoms with Crippen molar-refractivity contribution in [1.82, 2.24) is 19.7 Å². The van der Waals surface area contributed by atoms with Gasteiger partial charge >= 0.3 is 0 Å². The molecule has 3 heterocycles. The predicted octanol–water partition coefficient (Wildman–Crippen LogP) is 4.32. The van der Waals surface area contributed by atoms with E-state index in [4.69, 9.17) is 11.6 Å². The third-order valence-corrected chi connectivity index (χ3v) is 5.21. The van der Waals surface area contributed by atoms with Crippen LogP contribution in [0.4, 0.5) is 0 Å². The molecule has 3 aromatic rings. The Hall–Kier alpha value is -2.40. The molecule has 1 amide bonds. The number of pyridine rings is 1. The summed E-state index contributed by atoms with van der Waals surface area (Å²) in [6, 6.07) is 9.42. The van der Waals surface area contributed by atoms with Gasteiger partial charge in [0.15, 0.2) is 5.65 Å². The van der Waals surface area contributed by atoms with Gasteiger partial charge in [-0.3, -0.25) is 4.79 Å². The van der Waals surface area contributed by atoms with E-state index in [9.17, 15) is 4.79 Å². The number of nitrogens with zero attached hydrogens (tertiary/aromatic N) is 4. The molecule has 26 heavy (non-hydrogen) atoms. The average molecular weight is 369 g/mol. The minimum absolute atomic E-state index is 0.0713. The Morgan fingerprint density at radius 1 is 1.12 bits per heavy atom. The van der Waals surface area contributed by atoms with Crippen molar-refractivity contribution in [3.8, 4) is 5.69 Å². The molecule has 0 unspecified atom stereocenters. The SMILES string of the molecule is Cc1cc(C(=O)N2CCCCC2)c2c(C)nn(-c3ccccc3Cl)c2n1. The Kier molecular flexibility index (Phi) is 4.41. The maximum absolute atomic E-state index is 13.2. The van der Waals surface area contributed by atoms with E-state index in [0.717, 1.165) is 48.4 Å². The smallest absolute Gasteiger partial charge is 0.254 e. The van der Waals surface area contributed by atoms with Gasteiger partial charge in [0, 0.05) is 18.8 Å². The first-order valence-corrected chi connectivity index (χ1v) is 9.35. The van der Waals surface area contributed by atoms with E-state index < -0.39 is 0 Å². The summed E-state index contributed by atoms with van der Waals surface area (Å²) < 4.78 is 1.74. The number of hydrogen-bond donors (Lipinski definition) is 0. The summed E-state index contributed by atoms with van der Waals surface area (Å²) in [7, 11) is 0. The predicted molar refractivity (Wildman–Crippen MR) is 103 cm³/mol. The molecule has 0 bridgehead atoms. The fourth-order valence-corrected chi connectivity index (χ4v) is 3.86. The van der Waals surface area contributed by atoms with Crippen LogP contribution in [0.3, 0.4) is 0 Å². The monoisotopic (exact) mass is 368 g/mol. The number of piperidine rings is 1. The van der Waals surface area contributed by atoms with Crippen LogP contribution in [-0.2, 0) is 0 Å². The number of para-hydroxylation sites is 1. The Morgan fingerprint density at radius 3 is 2.58 bits per heavy atom. The molecule has 1 aliphatic rings. The van der Waals surface area contributed by atoms with E-state index >= 15 is 0 Å². The van der Waals surface area contributed by atoms with E-state index in [1.54, 1.807) is 4.68 Å². The summed E-state index contributed by atoms with van der Waals surface area (Å²) in [5.41, 5.74) is 3.71. The minimum Gasteiger partial charge on any atom is -0.339 e. The van der Waals surface area contributed by atoms with Crippen LogP contribution in [0.2, 0.25) is 5.02 Å².